The van der Waals surface area contributed by atoms with Crippen molar-refractivity contribution in [3.8, 4) is 5.69 Å². The fourth-order valence-electron chi connectivity index (χ4n) is 2.00. The van der Waals surface area contributed by atoms with Crippen LogP contribution in [0.2, 0.25) is 0 Å². The third-order valence-electron chi connectivity index (χ3n) is 3.17. The van der Waals surface area contributed by atoms with E-state index in [1.807, 2.05) is 28.9 Å². The highest BCUT2D eigenvalue weighted by molar-refractivity contribution is 7.98. The molecule has 0 aliphatic rings. The van der Waals surface area contributed by atoms with Crippen molar-refractivity contribution in [2.24, 2.45) is 0 Å². The molecule has 0 saturated carbocycles. The molecule has 2 aromatic rings. The number of nitrogens with one attached hydrogen (secondary N) is 1. The van der Waals surface area contributed by atoms with Gasteiger partial charge in [0.05, 0.1) is 6.33 Å². The van der Waals surface area contributed by atoms with Gasteiger partial charge in [-0.25, -0.2) is 4.98 Å². The molecule has 1 atom stereocenters. The Kier molecular flexibility index (Phi) is 5.48. The van der Waals surface area contributed by atoms with Gasteiger partial charge in [-0.1, -0.05) is 12.1 Å². The van der Waals surface area contributed by atoms with Crippen LogP contribution in [0.4, 0.5) is 0 Å². The SMILES string of the molecule is CSCCCNC(C)c1ccc(-n2ccnc2)cc1. The maximum absolute atomic E-state index is 4.06. The van der Waals surface area contributed by atoms with Gasteiger partial charge in [0.25, 0.3) is 0 Å². The molecule has 2 rings (SSSR count). The van der Waals surface area contributed by atoms with Crippen LogP contribution in [0.5, 0.6) is 0 Å². The summed E-state index contributed by atoms with van der Waals surface area (Å²) >= 11 is 1.90. The summed E-state index contributed by atoms with van der Waals surface area (Å²) < 4.78 is 2.01. The summed E-state index contributed by atoms with van der Waals surface area (Å²) in [5.74, 6) is 1.22. The van der Waals surface area contributed by atoms with Crippen LogP contribution < -0.4 is 5.32 Å². The van der Waals surface area contributed by atoms with Gasteiger partial charge in [-0.3, -0.25) is 0 Å². The average Bonchev–Trinajstić information content (AvgIpc) is 2.98. The molecule has 3 nitrogen and oxygen atoms in total. The van der Waals surface area contributed by atoms with Crippen molar-refractivity contribution in [3.63, 3.8) is 0 Å². The molecular weight excluding hydrogens is 254 g/mol. The summed E-state index contributed by atoms with van der Waals surface area (Å²) in [6.45, 7) is 3.29. The number of rotatable bonds is 7. The fraction of sp³-hybridized carbons (Fsp3) is 0.400. The Balaban J connectivity index is 1.90. The van der Waals surface area contributed by atoms with Crippen LogP contribution in [0.3, 0.4) is 0 Å². The van der Waals surface area contributed by atoms with E-state index in [-0.39, 0.29) is 0 Å². The number of benzene rings is 1. The Morgan fingerprint density at radius 3 is 2.74 bits per heavy atom. The number of hydrogen-bond donors (Lipinski definition) is 1. The topological polar surface area (TPSA) is 29.9 Å². The molecule has 1 unspecified atom stereocenters. The molecule has 0 aliphatic carbocycles. The minimum atomic E-state index is 0.402. The van der Waals surface area contributed by atoms with Crippen molar-refractivity contribution in [2.75, 3.05) is 18.6 Å². The minimum absolute atomic E-state index is 0.402. The summed E-state index contributed by atoms with van der Waals surface area (Å²) in [5, 5.41) is 3.56. The number of aromatic nitrogens is 2. The van der Waals surface area contributed by atoms with Crippen molar-refractivity contribution >= 4 is 11.8 Å². The Morgan fingerprint density at radius 2 is 2.11 bits per heavy atom. The molecule has 19 heavy (non-hydrogen) atoms. The second-order valence-corrected chi connectivity index (χ2v) is 5.57. The largest absolute Gasteiger partial charge is 0.310 e. The van der Waals surface area contributed by atoms with E-state index < -0.39 is 0 Å². The molecule has 0 amide bonds. The summed E-state index contributed by atoms with van der Waals surface area (Å²) in [4.78, 5) is 4.06. The first-order valence-corrected chi connectivity index (χ1v) is 8.01. The van der Waals surface area contributed by atoms with Crippen LogP contribution in [0.25, 0.3) is 5.69 Å². The number of hydrogen-bond acceptors (Lipinski definition) is 3. The Morgan fingerprint density at radius 1 is 1.32 bits per heavy atom. The number of nitrogens with zero attached hydrogens (tertiary/aromatic N) is 2. The van der Waals surface area contributed by atoms with Crippen LogP contribution in [-0.2, 0) is 0 Å². The van der Waals surface area contributed by atoms with Crippen LogP contribution in [0.15, 0.2) is 43.0 Å². The molecule has 0 bridgehead atoms. The van der Waals surface area contributed by atoms with Crippen LogP contribution >= 0.6 is 11.8 Å². The van der Waals surface area contributed by atoms with Crippen LogP contribution in [-0.4, -0.2) is 28.1 Å². The van der Waals surface area contributed by atoms with Crippen LogP contribution in [0.1, 0.15) is 24.9 Å². The first-order chi connectivity index (χ1) is 9.31. The Labute approximate surface area is 119 Å². The maximum atomic E-state index is 4.06. The lowest BCUT2D eigenvalue weighted by Crippen LogP contribution is -2.20. The monoisotopic (exact) mass is 275 g/mol. The van der Waals surface area contributed by atoms with E-state index in [1.54, 1.807) is 6.20 Å². The fourth-order valence-corrected chi connectivity index (χ4v) is 2.43. The molecular formula is C15H21N3S. The summed E-state index contributed by atoms with van der Waals surface area (Å²) in [5.41, 5.74) is 2.48. The van der Waals surface area contributed by atoms with Gasteiger partial charge in [0.15, 0.2) is 0 Å². The van der Waals surface area contributed by atoms with Gasteiger partial charge < -0.3 is 9.88 Å². The van der Waals surface area contributed by atoms with Crippen molar-refractivity contribution in [1.29, 1.82) is 0 Å². The van der Waals surface area contributed by atoms with Crippen molar-refractivity contribution in [1.82, 2.24) is 14.9 Å². The summed E-state index contributed by atoms with van der Waals surface area (Å²) in [6, 6.07) is 9.04. The van der Waals surface area contributed by atoms with Gasteiger partial charge in [0.2, 0.25) is 0 Å². The summed E-state index contributed by atoms with van der Waals surface area (Å²) in [7, 11) is 0. The van der Waals surface area contributed by atoms with Crippen molar-refractivity contribution < 1.29 is 0 Å². The third kappa shape index (κ3) is 4.11. The standard InChI is InChI=1S/C15H21N3S/c1-13(17-8-3-11-19-2)14-4-6-15(7-5-14)18-10-9-16-12-18/h4-7,9-10,12-13,17H,3,8,11H2,1-2H3. The minimum Gasteiger partial charge on any atom is -0.310 e. The smallest absolute Gasteiger partial charge is 0.0991 e. The quantitative estimate of drug-likeness (QED) is 0.787. The second kappa shape index (κ2) is 7.36. The van der Waals surface area contributed by atoms with E-state index in [0.717, 1.165) is 12.2 Å². The van der Waals surface area contributed by atoms with Crippen molar-refractivity contribution in [3.05, 3.63) is 48.5 Å². The van der Waals surface area contributed by atoms with E-state index >= 15 is 0 Å². The lowest BCUT2D eigenvalue weighted by atomic mass is 10.1. The highest BCUT2D eigenvalue weighted by Gasteiger charge is 2.04. The zero-order chi connectivity index (χ0) is 13.5. The zero-order valence-electron chi connectivity index (χ0n) is 11.5. The Hall–Kier alpha value is -1.26. The van der Waals surface area contributed by atoms with E-state index in [0.29, 0.717) is 6.04 Å². The average molecular weight is 275 g/mol. The molecule has 0 fully saturated rings. The van der Waals surface area contributed by atoms with Gasteiger partial charge in [-0.05, 0) is 49.6 Å². The van der Waals surface area contributed by atoms with Gasteiger partial charge in [-0.2, -0.15) is 11.8 Å². The first-order valence-electron chi connectivity index (χ1n) is 6.62. The molecule has 0 radical (unpaired) electrons. The molecule has 0 saturated heterocycles. The lowest BCUT2D eigenvalue weighted by Gasteiger charge is -2.14. The highest BCUT2D eigenvalue weighted by Crippen LogP contribution is 2.15. The van der Waals surface area contributed by atoms with Gasteiger partial charge in [-0.15, -0.1) is 0 Å². The highest BCUT2D eigenvalue weighted by atomic mass is 32.2. The van der Waals surface area contributed by atoms with Gasteiger partial charge in [0.1, 0.15) is 0 Å². The van der Waals surface area contributed by atoms with E-state index in [4.69, 9.17) is 0 Å². The molecule has 0 spiro atoms. The summed E-state index contributed by atoms with van der Waals surface area (Å²) in [6.07, 6.45) is 8.94. The molecule has 1 N–H and O–H groups in total. The zero-order valence-corrected chi connectivity index (χ0v) is 12.4. The second-order valence-electron chi connectivity index (χ2n) is 4.58. The molecule has 1 heterocycles. The Bertz CT molecular complexity index is 465. The predicted molar refractivity (Wildman–Crippen MR) is 83.0 cm³/mol. The van der Waals surface area contributed by atoms with Crippen molar-refractivity contribution in [2.45, 2.75) is 19.4 Å². The molecule has 102 valence electrons. The lowest BCUT2D eigenvalue weighted by molar-refractivity contribution is 0.572. The van der Waals surface area contributed by atoms with Gasteiger partial charge >= 0.3 is 0 Å². The normalized spacial score (nSPS) is 12.5. The predicted octanol–water partition coefficient (Wildman–Crippen LogP) is 3.28. The van der Waals surface area contributed by atoms with E-state index in [9.17, 15) is 0 Å². The molecule has 0 aliphatic heterocycles. The number of thioether (sulfide) groups is 1. The van der Waals surface area contributed by atoms with E-state index in [2.05, 4.69) is 47.7 Å². The molecule has 4 heteroatoms. The van der Waals surface area contributed by atoms with Gasteiger partial charge in [0, 0.05) is 24.1 Å². The first kappa shape index (κ1) is 14.2. The maximum Gasteiger partial charge on any atom is 0.0991 e. The van der Waals surface area contributed by atoms with Crippen LogP contribution in [0, 0.1) is 0 Å². The third-order valence-corrected chi connectivity index (χ3v) is 3.87. The number of imidazole rings is 1. The molecule has 1 aromatic heterocycles. The molecule has 1 aromatic carbocycles. The van der Waals surface area contributed by atoms with E-state index in [1.165, 1.54) is 17.7 Å².